The van der Waals surface area contributed by atoms with Crippen LogP contribution in [-0.4, -0.2) is 65.8 Å². The molecule has 0 unspecified atom stereocenters. The van der Waals surface area contributed by atoms with Gasteiger partial charge in [-0.25, -0.2) is 9.78 Å². The third-order valence-corrected chi connectivity index (χ3v) is 8.01. The number of carboxylic acid groups (broad SMARTS) is 1. The second kappa shape index (κ2) is 14.7. The fourth-order valence-electron chi connectivity index (χ4n) is 5.35. The first kappa shape index (κ1) is 32.0. The van der Waals surface area contributed by atoms with Crippen LogP contribution in [0.25, 0.3) is 22.2 Å². The largest absolute Gasteiger partial charge is 0.486 e. The quantitative estimate of drug-likeness (QED) is 0.158. The zero-order valence-electron chi connectivity index (χ0n) is 26.8. The van der Waals surface area contributed by atoms with Crippen molar-refractivity contribution in [1.29, 1.82) is 0 Å². The normalized spacial score (nSPS) is 12.5. The number of H-pyrrole nitrogens is 1. The number of aromatic carboxylic acids is 1. The topological polar surface area (TPSA) is 149 Å². The van der Waals surface area contributed by atoms with Gasteiger partial charge in [-0.2, -0.15) is 10.2 Å². The molecule has 0 bridgehead atoms. The zero-order chi connectivity index (χ0) is 34.3. The molecule has 50 heavy (non-hydrogen) atoms. The lowest BCUT2D eigenvalue weighted by Crippen LogP contribution is -2.38. The van der Waals surface area contributed by atoms with Crippen LogP contribution in [0, 0.1) is 0 Å². The number of nitrogens with one attached hydrogen (secondary N) is 2. The van der Waals surface area contributed by atoms with Crippen LogP contribution >= 0.6 is 0 Å². The van der Waals surface area contributed by atoms with Crippen molar-refractivity contribution in [3.8, 4) is 16.9 Å². The number of carboxylic acids is 1. The Morgan fingerprint density at radius 1 is 0.820 bits per heavy atom. The standard InChI is InChI=1S/C27H23N5O3.C11H10N2O2/c33-27(21-12-30-32(15-21)14-18-5-2-1-3-6-18)31-25-13-29-26-24(25)10-20(11-28-26)19-7-4-8-22(9-19)35-23-16-34-17-23;14-11(15)10-6-12-13(8-10)7-9-4-2-1-3-5-9/h1-13,15,23H,14,16-17H2,(H,28,29)(H,31,33);1-6,8H,7H2,(H,14,15). The molecular formula is C38H33N7O5. The zero-order valence-corrected chi connectivity index (χ0v) is 26.8. The molecule has 0 spiro atoms. The molecule has 0 aliphatic carbocycles. The Labute approximate surface area is 286 Å². The number of ether oxygens (including phenoxy) is 2. The second-order valence-electron chi connectivity index (χ2n) is 11.7. The number of carbonyl (C=O) groups excluding carboxylic acids is 1. The Morgan fingerprint density at radius 3 is 2.10 bits per heavy atom. The number of aromatic amines is 1. The second-order valence-corrected chi connectivity index (χ2v) is 11.7. The van der Waals surface area contributed by atoms with Crippen LogP contribution in [0.2, 0.25) is 0 Å². The van der Waals surface area contributed by atoms with Gasteiger partial charge >= 0.3 is 5.97 Å². The lowest BCUT2D eigenvalue weighted by Gasteiger charge is -2.26. The van der Waals surface area contributed by atoms with Gasteiger partial charge in [0.2, 0.25) is 0 Å². The van der Waals surface area contributed by atoms with Crippen molar-refractivity contribution in [3.63, 3.8) is 0 Å². The maximum Gasteiger partial charge on any atom is 0.338 e. The first-order valence-electron chi connectivity index (χ1n) is 16.0. The van der Waals surface area contributed by atoms with Crippen molar-refractivity contribution in [2.45, 2.75) is 19.2 Å². The van der Waals surface area contributed by atoms with Gasteiger partial charge in [0.15, 0.2) is 0 Å². The molecule has 1 fully saturated rings. The van der Waals surface area contributed by atoms with Crippen LogP contribution in [0.4, 0.5) is 5.69 Å². The molecule has 12 heteroatoms. The summed E-state index contributed by atoms with van der Waals surface area (Å²) in [4.78, 5) is 31.2. The lowest BCUT2D eigenvalue weighted by molar-refractivity contribution is -0.0796. The highest BCUT2D eigenvalue weighted by atomic mass is 16.6. The predicted molar refractivity (Wildman–Crippen MR) is 187 cm³/mol. The van der Waals surface area contributed by atoms with E-state index in [4.69, 9.17) is 14.6 Å². The average Bonchev–Trinajstić information content (AvgIpc) is 3.89. The molecule has 0 saturated carbocycles. The molecule has 5 heterocycles. The van der Waals surface area contributed by atoms with E-state index in [2.05, 4.69) is 25.5 Å². The van der Waals surface area contributed by atoms with E-state index in [0.717, 1.165) is 33.4 Å². The van der Waals surface area contributed by atoms with Crippen molar-refractivity contribution in [3.05, 3.63) is 150 Å². The number of carbonyl (C=O) groups is 2. The lowest BCUT2D eigenvalue weighted by atomic mass is 10.1. The number of aromatic nitrogens is 6. The van der Waals surface area contributed by atoms with Gasteiger partial charge in [0.25, 0.3) is 5.91 Å². The Balaban J connectivity index is 0.000000219. The van der Waals surface area contributed by atoms with Crippen LogP contribution < -0.4 is 10.1 Å². The molecule has 4 aromatic heterocycles. The number of fused-ring (bicyclic) bond motifs is 1. The number of nitrogens with zero attached hydrogens (tertiary/aromatic N) is 5. The SMILES string of the molecule is O=C(Nc1c[nH]c2ncc(-c3cccc(OC4COC4)c3)cc12)c1cnn(Cc2ccccc2)c1.O=C(O)c1cnn(Cc2ccccc2)c1. The van der Waals surface area contributed by atoms with Gasteiger partial charge in [-0.1, -0.05) is 72.8 Å². The smallest absolute Gasteiger partial charge is 0.338 e. The summed E-state index contributed by atoms with van der Waals surface area (Å²) in [6.45, 7) is 2.43. The van der Waals surface area contributed by atoms with E-state index in [9.17, 15) is 9.59 Å². The molecule has 0 atom stereocenters. The van der Waals surface area contributed by atoms with E-state index in [1.807, 2.05) is 97.2 Å². The van der Waals surface area contributed by atoms with Crippen LogP contribution in [0.15, 0.2) is 128 Å². The van der Waals surface area contributed by atoms with Gasteiger partial charge in [-0.3, -0.25) is 14.2 Å². The fourth-order valence-corrected chi connectivity index (χ4v) is 5.35. The van der Waals surface area contributed by atoms with Gasteiger partial charge in [0.05, 0.1) is 55.5 Å². The molecule has 1 saturated heterocycles. The van der Waals surface area contributed by atoms with Crippen molar-refractivity contribution in [2.24, 2.45) is 0 Å². The van der Waals surface area contributed by atoms with E-state index in [1.165, 1.54) is 12.4 Å². The molecule has 0 radical (unpaired) electrons. The highest BCUT2D eigenvalue weighted by molar-refractivity contribution is 6.08. The Hall–Kier alpha value is -6.53. The predicted octanol–water partition coefficient (Wildman–Crippen LogP) is 6.13. The number of hydrogen-bond acceptors (Lipinski definition) is 7. The van der Waals surface area contributed by atoms with Crippen LogP contribution in [0.1, 0.15) is 31.8 Å². The summed E-state index contributed by atoms with van der Waals surface area (Å²) in [7, 11) is 0. The number of benzene rings is 3. The van der Waals surface area contributed by atoms with Crippen molar-refractivity contribution < 1.29 is 24.2 Å². The van der Waals surface area contributed by atoms with Gasteiger partial charge in [0.1, 0.15) is 17.5 Å². The summed E-state index contributed by atoms with van der Waals surface area (Å²) in [6.07, 6.45) is 9.87. The van der Waals surface area contributed by atoms with E-state index < -0.39 is 5.97 Å². The maximum atomic E-state index is 12.9. The van der Waals surface area contributed by atoms with Crippen molar-refractivity contribution in [1.82, 2.24) is 29.5 Å². The average molecular weight is 668 g/mol. The summed E-state index contributed by atoms with van der Waals surface area (Å²) < 4.78 is 14.5. The third kappa shape index (κ3) is 7.77. The highest BCUT2D eigenvalue weighted by Crippen LogP contribution is 2.30. The molecule has 12 nitrogen and oxygen atoms in total. The van der Waals surface area contributed by atoms with Gasteiger partial charge in [0, 0.05) is 35.7 Å². The van der Waals surface area contributed by atoms with E-state index in [1.54, 1.807) is 28.0 Å². The molecular weight excluding hydrogens is 634 g/mol. The Morgan fingerprint density at radius 2 is 1.48 bits per heavy atom. The molecule has 1 aliphatic rings. The van der Waals surface area contributed by atoms with Crippen molar-refractivity contribution in [2.75, 3.05) is 18.5 Å². The molecule has 7 aromatic rings. The molecule has 8 rings (SSSR count). The monoisotopic (exact) mass is 667 g/mol. The van der Waals surface area contributed by atoms with E-state index in [0.29, 0.717) is 43.2 Å². The Kier molecular flexibility index (Phi) is 9.42. The van der Waals surface area contributed by atoms with Crippen LogP contribution in [-0.2, 0) is 17.8 Å². The fraction of sp³-hybridized carbons (Fsp3) is 0.132. The first-order valence-corrected chi connectivity index (χ1v) is 16.0. The highest BCUT2D eigenvalue weighted by Gasteiger charge is 2.20. The minimum absolute atomic E-state index is 0.106. The number of amides is 1. The van der Waals surface area contributed by atoms with E-state index in [-0.39, 0.29) is 17.6 Å². The number of anilines is 1. The minimum atomic E-state index is -0.950. The maximum absolute atomic E-state index is 12.9. The molecule has 3 aromatic carbocycles. The summed E-state index contributed by atoms with van der Waals surface area (Å²) in [6, 6.07) is 29.7. The van der Waals surface area contributed by atoms with E-state index >= 15 is 0 Å². The molecule has 1 amide bonds. The third-order valence-electron chi connectivity index (χ3n) is 8.01. The summed E-state index contributed by atoms with van der Waals surface area (Å²) in [5.74, 6) is -0.381. The number of pyridine rings is 1. The van der Waals surface area contributed by atoms with Crippen LogP contribution in [0.5, 0.6) is 5.75 Å². The summed E-state index contributed by atoms with van der Waals surface area (Å²) in [5, 5.41) is 20.8. The first-order chi connectivity index (χ1) is 24.5. The van der Waals surface area contributed by atoms with Gasteiger partial charge in [-0.05, 0) is 34.9 Å². The van der Waals surface area contributed by atoms with Crippen molar-refractivity contribution >= 4 is 28.6 Å². The number of rotatable bonds is 10. The van der Waals surface area contributed by atoms with Crippen LogP contribution in [0.3, 0.4) is 0 Å². The Bertz CT molecular complexity index is 2220. The molecule has 3 N–H and O–H groups in total. The summed E-state index contributed by atoms with van der Waals surface area (Å²) in [5.41, 5.74) is 6.19. The molecule has 250 valence electrons. The minimum Gasteiger partial charge on any atom is -0.486 e. The molecule has 1 aliphatic heterocycles. The van der Waals surface area contributed by atoms with Gasteiger partial charge < -0.3 is 24.9 Å². The number of hydrogen-bond donors (Lipinski definition) is 3. The van der Waals surface area contributed by atoms with Gasteiger partial charge in [-0.15, -0.1) is 0 Å². The summed E-state index contributed by atoms with van der Waals surface area (Å²) >= 11 is 0.